The van der Waals surface area contributed by atoms with Crippen molar-refractivity contribution >= 4 is 0 Å². The van der Waals surface area contributed by atoms with Crippen molar-refractivity contribution in [2.24, 2.45) is 0 Å². The van der Waals surface area contributed by atoms with Crippen LogP contribution in [0, 0.1) is 0 Å². The molecule has 2 aliphatic rings. The van der Waals surface area contributed by atoms with Crippen molar-refractivity contribution < 1.29 is 5.11 Å². The first-order valence-electron chi connectivity index (χ1n) is 7.87. The predicted octanol–water partition coefficient (Wildman–Crippen LogP) is 4.04. The number of nitrogens with zero attached hydrogens (tertiary/aromatic N) is 1. The molecule has 0 atom stereocenters. The van der Waals surface area contributed by atoms with Crippen LogP contribution in [0.15, 0.2) is 18.2 Å². The number of phenolic OH excluding ortho intramolecular Hbond substituents is 1. The second kappa shape index (κ2) is 5.96. The molecule has 2 heteroatoms. The fraction of sp³-hybridized carbons (Fsp3) is 0.647. The average molecular weight is 259 g/mol. The van der Waals surface area contributed by atoms with Crippen molar-refractivity contribution in [3.05, 3.63) is 29.3 Å². The maximum atomic E-state index is 10.1. The largest absolute Gasteiger partial charge is 0.508 e. The normalized spacial score (nSPS) is 21.9. The van der Waals surface area contributed by atoms with E-state index in [9.17, 15) is 5.11 Å². The second-order valence-corrected chi connectivity index (χ2v) is 6.21. The van der Waals surface area contributed by atoms with Gasteiger partial charge in [0.1, 0.15) is 5.75 Å². The van der Waals surface area contributed by atoms with E-state index in [0.29, 0.717) is 11.7 Å². The molecule has 0 radical (unpaired) electrons. The fourth-order valence-corrected chi connectivity index (χ4v) is 3.64. The Labute approximate surface area is 116 Å². The Kier molecular flexibility index (Phi) is 4.07. The molecule has 1 N–H and O–H groups in total. The lowest BCUT2D eigenvalue weighted by Crippen LogP contribution is -2.29. The van der Waals surface area contributed by atoms with Gasteiger partial charge in [0.25, 0.3) is 0 Å². The van der Waals surface area contributed by atoms with Gasteiger partial charge in [0.05, 0.1) is 0 Å². The van der Waals surface area contributed by atoms with Crippen LogP contribution in [0.2, 0.25) is 0 Å². The highest BCUT2D eigenvalue weighted by Gasteiger charge is 2.20. The van der Waals surface area contributed by atoms with E-state index >= 15 is 0 Å². The topological polar surface area (TPSA) is 23.5 Å². The molecule has 0 bridgehead atoms. The molecule has 19 heavy (non-hydrogen) atoms. The van der Waals surface area contributed by atoms with E-state index in [2.05, 4.69) is 17.0 Å². The molecule has 1 saturated carbocycles. The zero-order chi connectivity index (χ0) is 13.1. The fourth-order valence-electron chi connectivity index (χ4n) is 3.64. The Morgan fingerprint density at radius 2 is 1.74 bits per heavy atom. The molecule has 1 aliphatic heterocycles. The zero-order valence-corrected chi connectivity index (χ0v) is 11.8. The molecule has 0 spiro atoms. The smallest absolute Gasteiger partial charge is 0.119 e. The summed E-state index contributed by atoms with van der Waals surface area (Å²) in [5, 5.41) is 10.1. The summed E-state index contributed by atoms with van der Waals surface area (Å²) in [7, 11) is 0. The van der Waals surface area contributed by atoms with Gasteiger partial charge in [-0.1, -0.05) is 31.4 Å². The van der Waals surface area contributed by atoms with Gasteiger partial charge >= 0.3 is 0 Å². The van der Waals surface area contributed by atoms with Gasteiger partial charge in [-0.25, -0.2) is 0 Å². The molecule has 1 aromatic rings. The van der Waals surface area contributed by atoms with Gasteiger partial charge in [-0.15, -0.1) is 0 Å². The van der Waals surface area contributed by atoms with E-state index in [1.54, 1.807) is 0 Å². The Balaban J connectivity index is 1.72. The summed E-state index contributed by atoms with van der Waals surface area (Å²) in [6.45, 7) is 3.53. The highest BCUT2D eigenvalue weighted by atomic mass is 16.3. The van der Waals surface area contributed by atoms with E-state index in [4.69, 9.17) is 0 Å². The van der Waals surface area contributed by atoms with Gasteiger partial charge in [0.2, 0.25) is 0 Å². The number of rotatable bonds is 3. The Morgan fingerprint density at radius 1 is 1.00 bits per heavy atom. The van der Waals surface area contributed by atoms with Crippen molar-refractivity contribution in [1.82, 2.24) is 4.90 Å². The predicted molar refractivity (Wildman–Crippen MR) is 78.4 cm³/mol. The van der Waals surface area contributed by atoms with Crippen LogP contribution in [0.3, 0.4) is 0 Å². The quantitative estimate of drug-likeness (QED) is 0.885. The van der Waals surface area contributed by atoms with Crippen LogP contribution >= 0.6 is 0 Å². The molecule has 1 aromatic carbocycles. The third-order valence-corrected chi connectivity index (χ3v) is 4.74. The van der Waals surface area contributed by atoms with Gasteiger partial charge in [0, 0.05) is 6.54 Å². The molecule has 104 valence electrons. The molecule has 0 amide bonds. The first-order valence-corrected chi connectivity index (χ1v) is 7.87. The van der Waals surface area contributed by atoms with Crippen LogP contribution in [0.4, 0.5) is 0 Å². The molecule has 2 fully saturated rings. The number of aromatic hydroxyl groups is 1. The monoisotopic (exact) mass is 259 g/mol. The minimum absolute atomic E-state index is 0.509. The van der Waals surface area contributed by atoms with E-state index in [0.717, 1.165) is 6.54 Å². The lowest BCUT2D eigenvalue weighted by atomic mass is 9.94. The molecular formula is C17H25NO. The first kappa shape index (κ1) is 13.0. The second-order valence-electron chi connectivity index (χ2n) is 6.21. The summed E-state index contributed by atoms with van der Waals surface area (Å²) in [6, 6.07) is 6.27. The number of likely N-dealkylation sites (tertiary alicyclic amines) is 1. The Hall–Kier alpha value is -1.02. The number of piperidine rings is 1. The first-order chi connectivity index (χ1) is 9.33. The minimum Gasteiger partial charge on any atom is -0.508 e. The average Bonchev–Trinajstić information content (AvgIpc) is 2.96. The van der Waals surface area contributed by atoms with Crippen molar-refractivity contribution in [2.75, 3.05) is 13.1 Å². The molecule has 1 saturated heterocycles. The summed E-state index contributed by atoms with van der Waals surface area (Å²) in [6.07, 6.45) is 9.21. The van der Waals surface area contributed by atoms with Crippen molar-refractivity contribution in [1.29, 1.82) is 0 Å². The van der Waals surface area contributed by atoms with E-state index in [1.165, 1.54) is 69.2 Å². The Morgan fingerprint density at radius 3 is 2.47 bits per heavy atom. The molecule has 3 rings (SSSR count). The lowest BCUT2D eigenvalue weighted by molar-refractivity contribution is 0.221. The van der Waals surface area contributed by atoms with E-state index in [1.807, 2.05) is 6.07 Å². The summed E-state index contributed by atoms with van der Waals surface area (Å²) in [5.74, 6) is 1.11. The van der Waals surface area contributed by atoms with Crippen LogP contribution in [0.5, 0.6) is 5.75 Å². The van der Waals surface area contributed by atoms with Gasteiger partial charge in [-0.05, 0) is 61.9 Å². The number of phenols is 1. The summed E-state index contributed by atoms with van der Waals surface area (Å²) < 4.78 is 0. The maximum absolute atomic E-state index is 10.1. The van der Waals surface area contributed by atoms with Crippen LogP contribution in [-0.2, 0) is 6.54 Å². The zero-order valence-electron chi connectivity index (χ0n) is 11.8. The summed E-state index contributed by atoms with van der Waals surface area (Å²) in [4.78, 5) is 2.55. The summed E-state index contributed by atoms with van der Waals surface area (Å²) in [5.41, 5.74) is 2.58. The lowest BCUT2D eigenvalue weighted by Gasteiger charge is -2.26. The van der Waals surface area contributed by atoms with Crippen molar-refractivity contribution in [2.45, 2.75) is 57.4 Å². The number of hydrogen-bond acceptors (Lipinski definition) is 2. The van der Waals surface area contributed by atoms with E-state index in [-0.39, 0.29) is 0 Å². The van der Waals surface area contributed by atoms with Crippen molar-refractivity contribution in [3.8, 4) is 5.75 Å². The van der Waals surface area contributed by atoms with Crippen molar-refractivity contribution in [3.63, 3.8) is 0 Å². The van der Waals surface area contributed by atoms with Crippen LogP contribution in [-0.4, -0.2) is 23.1 Å². The highest BCUT2D eigenvalue weighted by molar-refractivity contribution is 5.39. The van der Waals surface area contributed by atoms with E-state index < -0.39 is 0 Å². The van der Waals surface area contributed by atoms with Crippen LogP contribution in [0.1, 0.15) is 62.0 Å². The molecule has 1 heterocycles. The maximum Gasteiger partial charge on any atom is 0.119 e. The number of benzene rings is 1. The van der Waals surface area contributed by atoms with Gasteiger partial charge in [-0.3, -0.25) is 4.90 Å². The van der Waals surface area contributed by atoms with Gasteiger partial charge in [-0.2, -0.15) is 0 Å². The SMILES string of the molecule is Oc1ccc(CN2CCCCC2)cc1C1CCCC1. The van der Waals surface area contributed by atoms with Gasteiger partial charge < -0.3 is 5.11 Å². The third kappa shape index (κ3) is 3.11. The summed E-state index contributed by atoms with van der Waals surface area (Å²) >= 11 is 0. The molecular weight excluding hydrogens is 234 g/mol. The minimum atomic E-state index is 0.509. The van der Waals surface area contributed by atoms with Gasteiger partial charge in [0.15, 0.2) is 0 Å². The molecule has 1 aliphatic carbocycles. The Bertz CT molecular complexity index is 417. The standard InChI is InChI=1S/C17H25NO/c19-17-9-8-14(13-18-10-4-1-5-11-18)12-16(17)15-6-2-3-7-15/h8-9,12,15,19H,1-7,10-11,13H2. The van der Waals surface area contributed by atoms with Crippen LogP contribution < -0.4 is 0 Å². The third-order valence-electron chi connectivity index (χ3n) is 4.74. The molecule has 0 aromatic heterocycles. The molecule has 2 nitrogen and oxygen atoms in total. The number of hydrogen-bond donors (Lipinski definition) is 1. The molecule has 0 unspecified atom stereocenters. The highest BCUT2D eigenvalue weighted by Crippen LogP contribution is 2.38. The van der Waals surface area contributed by atoms with Crippen LogP contribution in [0.25, 0.3) is 0 Å².